The second kappa shape index (κ2) is 5.57. The van der Waals surface area contributed by atoms with Crippen molar-refractivity contribution in [3.63, 3.8) is 0 Å². The van der Waals surface area contributed by atoms with E-state index >= 15 is 0 Å². The van der Waals surface area contributed by atoms with Gasteiger partial charge in [-0.2, -0.15) is 5.06 Å². The Kier molecular flexibility index (Phi) is 3.96. The first-order chi connectivity index (χ1) is 10.4. The first-order valence-electron chi connectivity index (χ1n) is 6.31. The molecule has 0 aromatic heterocycles. The van der Waals surface area contributed by atoms with Crippen molar-refractivity contribution >= 4 is 23.4 Å². The maximum Gasteiger partial charge on any atom is 0.354 e. The third kappa shape index (κ3) is 2.04. The fourth-order valence-corrected chi connectivity index (χ4v) is 2.29. The minimum absolute atomic E-state index is 0.0193. The lowest BCUT2D eigenvalue weighted by Gasteiger charge is -2.37. The molecule has 22 heavy (non-hydrogen) atoms. The van der Waals surface area contributed by atoms with Gasteiger partial charge in [-0.25, -0.2) is 4.79 Å². The van der Waals surface area contributed by atoms with Crippen LogP contribution in [0.4, 0.5) is 0 Å². The lowest BCUT2D eigenvalue weighted by Crippen LogP contribution is -2.67. The zero-order valence-electron chi connectivity index (χ0n) is 12.2. The minimum Gasteiger partial charge on any atom is -0.423 e. The summed E-state index contributed by atoms with van der Waals surface area (Å²) in [4.78, 5) is 41.4. The van der Waals surface area contributed by atoms with Gasteiger partial charge in [0.1, 0.15) is 18.6 Å². The first kappa shape index (κ1) is 15.6. The van der Waals surface area contributed by atoms with E-state index < -0.39 is 23.2 Å². The summed E-state index contributed by atoms with van der Waals surface area (Å²) < 4.78 is 5.11. The second-order valence-corrected chi connectivity index (χ2v) is 4.62. The maximum atomic E-state index is 12.8. The molecule has 8 nitrogen and oxygen atoms in total. The monoisotopic (exact) mass is 306 g/mol. The molecular formula is C14H14N2O6. The number of para-hydroxylation sites is 1. The van der Waals surface area contributed by atoms with Crippen LogP contribution in [0.5, 0.6) is 5.75 Å². The van der Waals surface area contributed by atoms with Crippen LogP contribution in [-0.2, 0) is 14.4 Å². The summed E-state index contributed by atoms with van der Waals surface area (Å²) in [5, 5.41) is 13.6. The van der Waals surface area contributed by atoms with Gasteiger partial charge in [-0.3, -0.25) is 14.8 Å². The van der Waals surface area contributed by atoms with E-state index in [1.807, 2.05) is 0 Å². The van der Waals surface area contributed by atoms with Crippen LogP contribution in [0.25, 0.3) is 0 Å². The average Bonchev–Trinajstić information content (AvgIpc) is 2.47. The SMILES string of the molecule is CO/N=C(\C)C1(N(O)C(C)=O)C(=O)Oc2ccccc2C1=O. The molecule has 2 rings (SSSR count). The topological polar surface area (TPSA) is 106 Å². The summed E-state index contributed by atoms with van der Waals surface area (Å²) in [6.45, 7) is 2.28. The summed E-state index contributed by atoms with van der Waals surface area (Å²) in [5.41, 5.74) is -2.58. The number of hydrogen-bond acceptors (Lipinski definition) is 7. The normalized spacial score (nSPS) is 21.0. The molecule has 0 spiro atoms. The van der Waals surface area contributed by atoms with Crippen molar-refractivity contribution in [3.05, 3.63) is 29.8 Å². The molecule has 1 unspecified atom stereocenters. The number of ketones is 1. The number of nitrogens with zero attached hydrogens (tertiary/aromatic N) is 2. The number of carbonyl (C=O) groups excluding carboxylic acids is 3. The number of oxime groups is 1. The van der Waals surface area contributed by atoms with E-state index in [0.29, 0.717) is 0 Å². The standard InChI is InChI=1S/C14H14N2O6/c1-8(15-21-3)14(16(20)9(2)17)12(18)10-6-4-5-7-11(10)22-13(14)19/h4-7,20H,1-3H3/b15-8+. The van der Waals surface area contributed by atoms with Crippen molar-refractivity contribution in [2.24, 2.45) is 5.16 Å². The minimum atomic E-state index is -2.41. The second-order valence-electron chi connectivity index (χ2n) is 4.62. The van der Waals surface area contributed by atoms with E-state index in [2.05, 4.69) is 9.99 Å². The number of Topliss-reactive ketones (excluding diaryl/α,β-unsaturated/α-hetero) is 1. The van der Waals surface area contributed by atoms with Gasteiger partial charge in [0.2, 0.25) is 11.7 Å². The fraction of sp³-hybridized carbons (Fsp3) is 0.286. The Morgan fingerprint density at radius 2 is 1.95 bits per heavy atom. The van der Waals surface area contributed by atoms with Gasteiger partial charge in [0, 0.05) is 6.92 Å². The molecule has 1 aliphatic rings. The summed E-state index contributed by atoms with van der Waals surface area (Å²) >= 11 is 0. The van der Waals surface area contributed by atoms with E-state index in [1.165, 1.54) is 26.2 Å². The molecule has 8 heteroatoms. The number of carbonyl (C=O) groups is 3. The van der Waals surface area contributed by atoms with E-state index in [1.54, 1.807) is 12.1 Å². The van der Waals surface area contributed by atoms with Crippen LogP contribution in [0.1, 0.15) is 24.2 Å². The number of amides is 1. The number of hydrogen-bond donors (Lipinski definition) is 1. The molecule has 0 aliphatic carbocycles. The molecule has 0 bridgehead atoms. The Hall–Kier alpha value is -2.74. The first-order valence-corrected chi connectivity index (χ1v) is 6.31. The van der Waals surface area contributed by atoms with Crippen molar-refractivity contribution in [2.45, 2.75) is 19.4 Å². The summed E-state index contributed by atoms with van der Waals surface area (Å²) in [6.07, 6.45) is 0. The van der Waals surface area contributed by atoms with Gasteiger partial charge < -0.3 is 9.57 Å². The zero-order chi connectivity index (χ0) is 16.5. The molecule has 1 atom stereocenters. The van der Waals surface area contributed by atoms with Gasteiger partial charge in [0.25, 0.3) is 5.54 Å². The lowest BCUT2D eigenvalue weighted by molar-refractivity contribution is -0.186. The van der Waals surface area contributed by atoms with Gasteiger partial charge in [-0.15, -0.1) is 0 Å². The quantitative estimate of drug-likeness (QED) is 0.221. The van der Waals surface area contributed by atoms with Crippen molar-refractivity contribution < 1.29 is 29.2 Å². The predicted octanol–water partition coefficient (Wildman–Crippen LogP) is 0.787. The van der Waals surface area contributed by atoms with Crippen molar-refractivity contribution in [3.8, 4) is 5.75 Å². The Morgan fingerprint density at radius 3 is 2.55 bits per heavy atom. The molecule has 1 amide bonds. The third-order valence-electron chi connectivity index (χ3n) is 3.33. The molecule has 1 heterocycles. The number of benzene rings is 1. The molecule has 1 N–H and O–H groups in total. The fourth-order valence-electron chi connectivity index (χ4n) is 2.29. The molecular weight excluding hydrogens is 292 g/mol. The lowest BCUT2D eigenvalue weighted by atomic mass is 9.82. The average molecular weight is 306 g/mol. The van der Waals surface area contributed by atoms with Crippen LogP contribution >= 0.6 is 0 Å². The molecule has 0 saturated carbocycles. The molecule has 1 aliphatic heterocycles. The van der Waals surface area contributed by atoms with E-state index in [0.717, 1.165) is 6.92 Å². The number of esters is 1. The van der Waals surface area contributed by atoms with E-state index in [4.69, 9.17) is 4.74 Å². The van der Waals surface area contributed by atoms with Crippen molar-refractivity contribution in [1.82, 2.24) is 5.06 Å². The Balaban J connectivity index is 2.74. The number of fused-ring (bicyclic) bond motifs is 1. The van der Waals surface area contributed by atoms with Gasteiger partial charge in [0.15, 0.2) is 0 Å². The highest BCUT2D eigenvalue weighted by atomic mass is 16.6. The highest BCUT2D eigenvalue weighted by Gasteiger charge is 2.60. The summed E-state index contributed by atoms with van der Waals surface area (Å²) in [7, 11) is 1.21. The van der Waals surface area contributed by atoms with E-state index in [9.17, 15) is 19.6 Å². The van der Waals surface area contributed by atoms with Crippen molar-refractivity contribution in [2.75, 3.05) is 7.11 Å². The van der Waals surface area contributed by atoms with Crippen LogP contribution in [0.15, 0.2) is 29.4 Å². The highest BCUT2D eigenvalue weighted by molar-refractivity contribution is 6.35. The van der Waals surface area contributed by atoms with Crippen LogP contribution in [0, 0.1) is 0 Å². The summed E-state index contributed by atoms with van der Waals surface area (Å²) in [6, 6.07) is 6.02. The molecule has 1 aromatic rings. The predicted molar refractivity (Wildman–Crippen MR) is 73.6 cm³/mol. The van der Waals surface area contributed by atoms with Gasteiger partial charge in [0.05, 0.1) is 5.56 Å². The Morgan fingerprint density at radius 1 is 1.32 bits per heavy atom. The van der Waals surface area contributed by atoms with Crippen LogP contribution < -0.4 is 4.74 Å². The molecule has 0 saturated heterocycles. The van der Waals surface area contributed by atoms with Gasteiger partial charge >= 0.3 is 5.97 Å². The molecule has 1 aromatic carbocycles. The molecule has 116 valence electrons. The smallest absolute Gasteiger partial charge is 0.354 e. The largest absolute Gasteiger partial charge is 0.423 e. The van der Waals surface area contributed by atoms with E-state index in [-0.39, 0.29) is 22.1 Å². The number of hydroxylamine groups is 2. The molecule has 0 fully saturated rings. The van der Waals surface area contributed by atoms with Crippen LogP contribution in [0.3, 0.4) is 0 Å². The zero-order valence-corrected chi connectivity index (χ0v) is 12.2. The third-order valence-corrected chi connectivity index (χ3v) is 3.33. The molecule has 0 radical (unpaired) electrons. The number of rotatable bonds is 3. The number of ether oxygens (including phenoxy) is 1. The summed E-state index contributed by atoms with van der Waals surface area (Å²) in [5.74, 6) is -2.83. The van der Waals surface area contributed by atoms with Gasteiger partial charge in [-0.1, -0.05) is 17.3 Å². The van der Waals surface area contributed by atoms with Gasteiger partial charge in [-0.05, 0) is 19.1 Å². The highest BCUT2D eigenvalue weighted by Crippen LogP contribution is 2.34. The van der Waals surface area contributed by atoms with Crippen LogP contribution in [-0.4, -0.2) is 46.3 Å². The van der Waals surface area contributed by atoms with Crippen LogP contribution in [0.2, 0.25) is 0 Å². The maximum absolute atomic E-state index is 12.8. The Labute approximate surface area is 125 Å². The Bertz CT molecular complexity index is 684. The van der Waals surface area contributed by atoms with Crippen molar-refractivity contribution in [1.29, 1.82) is 0 Å².